The predicted molar refractivity (Wildman–Crippen MR) is 128 cm³/mol. The maximum atomic E-state index is 12.8. The third-order valence-electron chi connectivity index (χ3n) is 6.20. The van der Waals surface area contributed by atoms with E-state index in [9.17, 15) is 22.8 Å². The molecule has 178 valence electrons. The first-order valence-corrected chi connectivity index (χ1v) is 13.8. The Morgan fingerprint density at radius 3 is 2.70 bits per heavy atom. The molecule has 1 aromatic carbocycles. The van der Waals surface area contributed by atoms with Crippen molar-refractivity contribution in [1.82, 2.24) is 9.80 Å². The molecule has 0 radical (unpaired) electrons. The van der Waals surface area contributed by atoms with E-state index >= 15 is 0 Å². The molecule has 1 N–H and O–H groups in total. The van der Waals surface area contributed by atoms with E-state index in [1.165, 1.54) is 23.1 Å². The minimum absolute atomic E-state index is 0.00233. The maximum Gasteiger partial charge on any atom is 0.262 e. The maximum absolute atomic E-state index is 12.8. The van der Waals surface area contributed by atoms with Gasteiger partial charge in [-0.1, -0.05) is 17.8 Å². The van der Waals surface area contributed by atoms with Gasteiger partial charge in [0.25, 0.3) is 11.8 Å². The van der Waals surface area contributed by atoms with Gasteiger partial charge in [0.2, 0.25) is 5.91 Å². The molecule has 0 unspecified atom stereocenters. The molecule has 3 amide bonds. The smallest absolute Gasteiger partial charge is 0.262 e. The van der Waals surface area contributed by atoms with Crippen molar-refractivity contribution in [2.24, 2.45) is 4.99 Å². The van der Waals surface area contributed by atoms with Crippen LogP contribution in [0.3, 0.4) is 0 Å². The summed E-state index contributed by atoms with van der Waals surface area (Å²) in [5.41, 5.74) is 0.813. The van der Waals surface area contributed by atoms with Gasteiger partial charge in [-0.25, -0.2) is 8.42 Å². The van der Waals surface area contributed by atoms with E-state index in [4.69, 9.17) is 0 Å². The van der Waals surface area contributed by atoms with Gasteiger partial charge < -0.3 is 15.1 Å². The number of aliphatic imine (C=N–C) groups is 1. The normalized spacial score (nSPS) is 24.5. The second-order valence-electron chi connectivity index (χ2n) is 8.69. The predicted octanol–water partition coefficient (Wildman–Crippen LogP) is 1.76. The summed E-state index contributed by atoms with van der Waals surface area (Å²) >= 11 is 1.35. The van der Waals surface area contributed by atoms with Gasteiger partial charge in [0.05, 0.1) is 11.5 Å². The number of rotatable bonds is 5. The Bertz CT molecular complexity index is 1080. The van der Waals surface area contributed by atoms with E-state index in [0.717, 1.165) is 25.9 Å². The Morgan fingerprint density at radius 2 is 2.00 bits per heavy atom. The van der Waals surface area contributed by atoms with Crippen LogP contribution in [-0.2, 0) is 19.4 Å². The Morgan fingerprint density at radius 1 is 1.24 bits per heavy atom. The summed E-state index contributed by atoms with van der Waals surface area (Å²) in [6.45, 7) is 1.78. The first-order valence-electron chi connectivity index (χ1n) is 11.1. The van der Waals surface area contributed by atoms with Gasteiger partial charge >= 0.3 is 0 Å². The highest BCUT2D eigenvalue weighted by molar-refractivity contribution is 8.15. The lowest BCUT2D eigenvalue weighted by Gasteiger charge is -2.27. The average molecular weight is 493 g/mol. The second kappa shape index (κ2) is 9.84. The lowest BCUT2D eigenvalue weighted by atomic mass is 10.1. The van der Waals surface area contributed by atoms with Crippen LogP contribution in [-0.4, -0.2) is 84.0 Å². The van der Waals surface area contributed by atoms with E-state index in [1.54, 1.807) is 31.3 Å². The van der Waals surface area contributed by atoms with E-state index in [0.29, 0.717) is 22.8 Å². The molecule has 11 heteroatoms. The van der Waals surface area contributed by atoms with E-state index in [-0.39, 0.29) is 41.7 Å². The molecule has 0 saturated carbocycles. The number of hydrogen-bond acceptors (Lipinski definition) is 7. The zero-order valence-corrected chi connectivity index (χ0v) is 20.2. The van der Waals surface area contributed by atoms with Crippen molar-refractivity contribution in [2.45, 2.75) is 43.4 Å². The van der Waals surface area contributed by atoms with Crippen molar-refractivity contribution in [3.05, 3.63) is 29.8 Å². The fourth-order valence-electron chi connectivity index (χ4n) is 4.29. The molecule has 2 saturated heterocycles. The van der Waals surface area contributed by atoms with Crippen LogP contribution in [0.25, 0.3) is 0 Å². The van der Waals surface area contributed by atoms with Crippen LogP contribution >= 0.6 is 11.8 Å². The number of amides is 3. The Kier molecular flexibility index (Phi) is 7.08. The number of benzene rings is 1. The molecular weight excluding hydrogens is 464 g/mol. The number of anilines is 1. The van der Waals surface area contributed by atoms with Gasteiger partial charge in [-0.2, -0.15) is 4.99 Å². The fourth-order valence-corrected chi connectivity index (χ4v) is 7.18. The number of likely N-dealkylation sites (tertiary alicyclic amines) is 1. The highest BCUT2D eigenvalue weighted by Crippen LogP contribution is 2.29. The van der Waals surface area contributed by atoms with Crippen LogP contribution < -0.4 is 5.32 Å². The van der Waals surface area contributed by atoms with Crippen LogP contribution in [0.4, 0.5) is 5.69 Å². The zero-order chi connectivity index (χ0) is 23.6. The number of hydrogen-bond donors (Lipinski definition) is 1. The molecule has 33 heavy (non-hydrogen) atoms. The largest absolute Gasteiger partial charge is 0.351 e. The van der Waals surface area contributed by atoms with Crippen molar-refractivity contribution >= 4 is 50.2 Å². The van der Waals surface area contributed by atoms with E-state index < -0.39 is 15.1 Å². The van der Waals surface area contributed by atoms with Crippen molar-refractivity contribution in [1.29, 1.82) is 0 Å². The number of sulfone groups is 1. The molecule has 1 aromatic rings. The molecular formula is C22H28N4O5S2. The second-order valence-corrected chi connectivity index (χ2v) is 12.1. The van der Waals surface area contributed by atoms with Crippen LogP contribution in [0, 0.1) is 0 Å². The standard InChI is InChI=1S/C22H28N4O5S2/c1-25(17-8-11-33(30,31)14-17)21(29)15-6-5-7-16(12-15)23-19(27)13-18-20(28)24-22(32-18)26-9-3-2-4-10-26/h5-7,12,17-18H,2-4,8-11,13-14H2,1H3,(H,23,27)/t17-,18+/m0/s1. The molecule has 0 aromatic heterocycles. The quantitative estimate of drug-likeness (QED) is 0.666. The molecule has 2 fully saturated rings. The van der Waals surface area contributed by atoms with Crippen molar-refractivity contribution in [2.75, 3.05) is 37.0 Å². The highest BCUT2D eigenvalue weighted by atomic mass is 32.2. The summed E-state index contributed by atoms with van der Waals surface area (Å²) in [6, 6.07) is 6.19. The molecule has 2 atom stereocenters. The Hall–Kier alpha value is -2.40. The molecule has 9 nitrogen and oxygen atoms in total. The monoisotopic (exact) mass is 492 g/mol. The van der Waals surface area contributed by atoms with Crippen LogP contribution in [0.5, 0.6) is 0 Å². The van der Waals surface area contributed by atoms with Gasteiger partial charge in [-0.05, 0) is 43.9 Å². The Balaban J connectivity index is 1.33. The molecule has 3 heterocycles. The number of thioether (sulfide) groups is 1. The number of piperidine rings is 1. The minimum atomic E-state index is -3.10. The molecule has 3 aliphatic rings. The van der Waals surface area contributed by atoms with E-state index in [2.05, 4.69) is 15.2 Å². The summed E-state index contributed by atoms with van der Waals surface area (Å²) in [6.07, 6.45) is 3.78. The van der Waals surface area contributed by atoms with Gasteiger partial charge in [0, 0.05) is 43.9 Å². The van der Waals surface area contributed by atoms with Crippen LogP contribution in [0.15, 0.2) is 29.3 Å². The molecule has 4 rings (SSSR count). The SMILES string of the molecule is CN(C(=O)c1cccc(NC(=O)C[C@H]2SC(N3CCCCC3)=NC2=O)c1)[C@H]1CCS(=O)(=O)C1. The molecule has 0 bridgehead atoms. The number of carbonyl (C=O) groups excluding carboxylic acids is 3. The lowest BCUT2D eigenvalue weighted by Crippen LogP contribution is -2.37. The summed E-state index contributed by atoms with van der Waals surface area (Å²) in [7, 11) is -1.50. The zero-order valence-electron chi connectivity index (χ0n) is 18.5. The molecule has 0 spiro atoms. The Labute approximate surface area is 197 Å². The third kappa shape index (κ3) is 5.75. The van der Waals surface area contributed by atoms with Crippen LogP contribution in [0.2, 0.25) is 0 Å². The van der Waals surface area contributed by atoms with Crippen LogP contribution in [0.1, 0.15) is 42.5 Å². The first kappa shape index (κ1) is 23.7. The topological polar surface area (TPSA) is 116 Å². The van der Waals surface area contributed by atoms with Gasteiger partial charge in [0.1, 0.15) is 5.25 Å². The summed E-state index contributed by atoms with van der Waals surface area (Å²) in [5.74, 6) is -0.843. The summed E-state index contributed by atoms with van der Waals surface area (Å²) < 4.78 is 23.5. The number of amidine groups is 1. The van der Waals surface area contributed by atoms with E-state index in [1.807, 2.05) is 0 Å². The fraction of sp³-hybridized carbons (Fsp3) is 0.545. The van der Waals surface area contributed by atoms with Gasteiger partial charge in [0.15, 0.2) is 15.0 Å². The summed E-state index contributed by atoms with van der Waals surface area (Å²) in [5, 5.41) is 2.94. The van der Waals surface area contributed by atoms with Crippen molar-refractivity contribution in [3.63, 3.8) is 0 Å². The first-order chi connectivity index (χ1) is 15.7. The number of nitrogens with one attached hydrogen (secondary N) is 1. The summed E-state index contributed by atoms with van der Waals surface area (Å²) in [4.78, 5) is 45.5. The molecule has 3 aliphatic heterocycles. The molecule has 0 aliphatic carbocycles. The average Bonchev–Trinajstić information content (AvgIpc) is 3.35. The van der Waals surface area contributed by atoms with Crippen molar-refractivity contribution < 1.29 is 22.8 Å². The van der Waals surface area contributed by atoms with Crippen molar-refractivity contribution in [3.8, 4) is 0 Å². The third-order valence-corrected chi connectivity index (χ3v) is 9.16. The van der Waals surface area contributed by atoms with Gasteiger partial charge in [-0.3, -0.25) is 14.4 Å². The highest BCUT2D eigenvalue weighted by Gasteiger charge is 2.34. The number of carbonyl (C=O) groups is 3. The lowest BCUT2D eigenvalue weighted by molar-refractivity contribution is -0.121. The van der Waals surface area contributed by atoms with Gasteiger partial charge in [-0.15, -0.1) is 0 Å². The minimum Gasteiger partial charge on any atom is -0.351 e. The number of nitrogens with zero attached hydrogens (tertiary/aromatic N) is 3.